The Hall–Kier alpha value is -2.71. The fourth-order valence-corrected chi connectivity index (χ4v) is 2.53. The van der Waals surface area contributed by atoms with E-state index in [1.807, 2.05) is 6.92 Å². The van der Waals surface area contributed by atoms with Crippen molar-refractivity contribution in [2.24, 2.45) is 0 Å². The second kappa shape index (κ2) is 4.69. The highest BCUT2D eigenvalue weighted by atomic mass is 15.3. The van der Waals surface area contributed by atoms with Crippen molar-refractivity contribution in [3.63, 3.8) is 0 Å². The van der Waals surface area contributed by atoms with Crippen molar-refractivity contribution in [2.45, 2.75) is 20.0 Å². The predicted molar refractivity (Wildman–Crippen MR) is 76.9 cm³/mol. The molecule has 0 amide bonds. The van der Waals surface area contributed by atoms with Crippen LogP contribution in [-0.2, 0) is 13.1 Å². The Morgan fingerprint density at radius 2 is 2.29 bits per heavy atom. The molecule has 0 fully saturated rings. The van der Waals surface area contributed by atoms with Crippen LogP contribution in [0, 0.1) is 0 Å². The van der Waals surface area contributed by atoms with Gasteiger partial charge in [-0.1, -0.05) is 0 Å². The average molecular weight is 285 g/mol. The molecule has 3 aromatic rings. The van der Waals surface area contributed by atoms with Gasteiger partial charge in [0.1, 0.15) is 11.8 Å². The Morgan fingerprint density at radius 1 is 1.33 bits per heavy atom. The lowest BCUT2D eigenvalue weighted by Crippen LogP contribution is -2.34. The number of hydrogen-bond acceptors (Lipinski definition) is 7. The molecule has 0 unspecified atom stereocenters. The van der Waals surface area contributed by atoms with Gasteiger partial charge in [0.2, 0.25) is 5.95 Å². The topological polar surface area (TPSA) is 100 Å². The summed E-state index contributed by atoms with van der Waals surface area (Å²) in [5.74, 6) is 2.39. The van der Waals surface area contributed by atoms with Crippen molar-refractivity contribution in [3.05, 3.63) is 18.5 Å². The van der Waals surface area contributed by atoms with Gasteiger partial charge >= 0.3 is 0 Å². The smallest absolute Gasteiger partial charge is 0.226 e. The molecule has 108 valence electrons. The number of nitrogens with one attached hydrogen (secondary N) is 2. The molecule has 3 aromatic heterocycles. The van der Waals surface area contributed by atoms with Crippen LogP contribution in [0.15, 0.2) is 12.7 Å². The summed E-state index contributed by atoms with van der Waals surface area (Å²) in [6, 6.07) is 0. The highest BCUT2D eigenvalue weighted by Crippen LogP contribution is 2.25. The van der Waals surface area contributed by atoms with Crippen molar-refractivity contribution >= 4 is 22.9 Å². The van der Waals surface area contributed by atoms with E-state index in [2.05, 4.69) is 44.9 Å². The normalized spacial score (nSPS) is 14.4. The molecule has 2 N–H and O–H groups in total. The minimum atomic E-state index is 0.596. The quantitative estimate of drug-likeness (QED) is 0.718. The van der Waals surface area contributed by atoms with E-state index in [4.69, 9.17) is 0 Å². The van der Waals surface area contributed by atoms with Gasteiger partial charge in [-0.05, 0) is 6.92 Å². The molecule has 1 aliphatic heterocycles. The number of H-pyrrole nitrogens is 1. The van der Waals surface area contributed by atoms with Crippen LogP contribution in [0.25, 0.3) is 11.2 Å². The number of nitrogens with zero attached hydrogens (tertiary/aromatic N) is 7. The van der Waals surface area contributed by atoms with Gasteiger partial charge < -0.3 is 19.8 Å². The first-order valence-electron chi connectivity index (χ1n) is 6.92. The van der Waals surface area contributed by atoms with Gasteiger partial charge in [-0.15, -0.1) is 10.2 Å². The molecule has 9 heteroatoms. The summed E-state index contributed by atoms with van der Waals surface area (Å²) in [5, 5.41) is 11.2. The lowest BCUT2D eigenvalue weighted by atomic mass is 10.3. The molecule has 4 rings (SSSR count). The number of hydrogen-bond donors (Lipinski definition) is 2. The SMILES string of the molecule is CCNc1nc(N2CCn3cnnc3C2)c2[nH]cnc2n1. The maximum Gasteiger partial charge on any atom is 0.226 e. The third-order valence-electron chi connectivity index (χ3n) is 3.54. The molecule has 4 heterocycles. The van der Waals surface area contributed by atoms with Crippen LogP contribution in [0.2, 0.25) is 0 Å². The molecule has 21 heavy (non-hydrogen) atoms. The van der Waals surface area contributed by atoms with Crippen LogP contribution in [0.1, 0.15) is 12.7 Å². The van der Waals surface area contributed by atoms with E-state index in [0.29, 0.717) is 18.1 Å². The van der Waals surface area contributed by atoms with Crippen LogP contribution in [0.5, 0.6) is 0 Å². The zero-order valence-electron chi connectivity index (χ0n) is 11.6. The van der Waals surface area contributed by atoms with Crippen molar-refractivity contribution in [1.29, 1.82) is 0 Å². The average Bonchev–Trinajstić information content (AvgIpc) is 3.14. The Morgan fingerprint density at radius 3 is 3.19 bits per heavy atom. The standard InChI is InChI=1S/C12H15N9/c1-2-13-12-17-10-9(14-6-15-10)11(18-12)20-3-4-21-7-16-19-8(21)5-20/h6-7H,2-5H2,1H3,(H2,13,14,15,17,18). The van der Waals surface area contributed by atoms with Gasteiger partial charge in [0.05, 0.1) is 12.9 Å². The van der Waals surface area contributed by atoms with Gasteiger partial charge in [0, 0.05) is 19.6 Å². The molecule has 0 aliphatic carbocycles. The molecule has 0 aromatic carbocycles. The number of rotatable bonds is 3. The molecule has 0 saturated carbocycles. The molecular weight excluding hydrogens is 270 g/mol. The second-order valence-corrected chi connectivity index (χ2v) is 4.86. The summed E-state index contributed by atoms with van der Waals surface area (Å²) in [5.41, 5.74) is 1.52. The van der Waals surface area contributed by atoms with E-state index >= 15 is 0 Å². The van der Waals surface area contributed by atoms with Crippen molar-refractivity contribution < 1.29 is 0 Å². The Labute approximate surface area is 120 Å². The Kier molecular flexibility index (Phi) is 2.69. The molecule has 0 saturated heterocycles. The first-order chi connectivity index (χ1) is 10.3. The second-order valence-electron chi connectivity index (χ2n) is 4.86. The third-order valence-corrected chi connectivity index (χ3v) is 3.54. The summed E-state index contributed by atoms with van der Waals surface area (Å²) in [4.78, 5) is 18.6. The van der Waals surface area contributed by atoms with Crippen LogP contribution in [0.3, 0.4) is 0 Å². The number of imidazole rings is 1. The monoisotopic (exact) mass is 285 g/mol. The summed E-state index contributed by atoms with van der Waals surface area (Å²) in [7, 11) is 0. The van der Waals surface area contributed by atoms with E-state index in [9.17, 15) is 0 Å². The Bertz CT molecular complexity index is 774. The van der Waals surface area contributed by atoms with E-state index in [1.54, 1.807) is 12.7 Å². The number of aromatic amines is 1. The van der Waals surface area contributed by atoms with Crippen molar-refractivity contribution in [1.82, 2.24) is 34.7 Å². The maximum absolute atomic E-state index is 4.62. The van der Waals surface area contributed by atoms with Gasteiger partial charge in [-0.25, -0.2) is 4.98 Å². The third kappa shape index (κ3) is 1.97. The lowest BCUT2D eigenvalue weighted by Gasteiger charge is -2.28. The van der Waals surface area contributed by atoms with Crippen molar-refractivity contribution in [2.75, 3.05) is 23.3 Å². The molecule has 9 nitrogen and oxygen atoms in total. The molecule has 0 atom stereocenters. The fourth-order valence-electron chi connectivity index (χ4n) is 2.53. The highest BCUT2D eigenvalue weighted by Gasteiger charge is 2.22. The van der Waals surface area contributed by atoms with Crippen molar-refractivity contribution in [3.8, 4) is 0 Å². The predicted octanol–water partition coefficient (Wildman–Crippen LogP) is 0.396. The van der Waals surface area contributed by atoms with Crippen LogP contribution in [-0.4, -0.2) is 47.8 Å². The highest BCUT2D eigenvalue weighted by molar-refractivity contribution is 5.84. The van der Waals surface area contributed by atoms with E-state index < -0.39 is 0 Å². The minimum absolute atomic E-state index is 0.596. The number of fused-ring (bicyclic) bond motifs is 2. The van der Waals surface area contributed by atoms with Gasteiger partial charge in [0.15, 0.2) is 17.3 Å². The van der Waals surface area contributed by atoms with E-state index in [0.717, 1.165) is 36.8 Å². The largest absolute Gasteiger partial charge is 0.354 e. The fraction of sp³-hybridized carbons (Fsp3) is 0.417. The van der Waals surface area contributed by atoms with Crippen LogP contribution in [0.4, 0.5) is 11.8 Å². The van der Waals surface area contributed by atoms with Crippen LogP contribution < -0.4 is 10.2 Å². The number of aromatic nitrogens is 7. The Balaban J connectivity index is 1.77. The van der Waals surface area contributed by atoms with Gasteiger partial charge in [-0.3, -0.25) is 0 Å². The zero-order chi connectivity index (χ0) is 14.2. The first-order valence-corrected chi connectivity index (χ1v) is 6.92. The zero-order valence-corrected chi connectivity index (χ0v) is 11.6. The van der Waals surface area contributed by atoms with Crippen LogP contribution >= 0.6 is 0 Å². The van der Waals surface area contributed by atoms with Gasteiger partial charge in [-0.2, -0.15) is 9.97 Å². The summed E-state index contributed by atoms with van der Waals surface area (Å²) >= 11 is 0. The summed E-state index contributed by atoms with van der Waals surface area (Å²) in [6.45, 7) is 5.15. The minimum Gasteiger partial charge on any atom is -0.354 e. The van der Waals surface area contributed by atoms with Gasteiger partial charge in [0.25, 0.3) is 0 Å². The molecule has 0 radical (unpaired) electrons. The molecular formula is C12H15N9. The molecule has 0 spiro atoms. The lowest BCUT2D eigenvalue weighted by molar-refractivity contribution is 0.557. The molecule has 0 bridgehead atoms. The van der Waals surface area contributed by atoms with E-state index in [-0.39, 0.29) is 0 Å². The first kappa shape index (κ1) is 12.1. The maximum atomic E-state index is 4.62. The van der Waals surface area contributed by atoms with E-state index in [1.165, 1.54) is 0 Å². The number of anilines is 2. The summed E-state index contributed by atoms with van der Waals surface area (Å²) < 4.78 is 2.06. The molecule has 1 aliphatic rings. The summed E-state index contributed by atoms with van der Waals surface area (Å²) in [6.07, 6.45) is 3.41.